The minimum absolute atomic E-state index is 0.488. The van der Waals surface area contributed by atoms with Gasteiger partial charge in [-0.1, -0.05) is 18.9 Å². The molecule has 0 saturated carbocycles. The van der Waals surface area contributed by atoms with E-state index >= 15 is 0 Å². The van der Waals surface area contributed by atoms with Crippen LogP contribution < -0.4 is 5.32 Å². The van der Waals surface area contributed by atoms with Crippen LogP contribution in [0.4, 0.5) is 5.69 Å². The van der Waals surface area contributed by atoms with Gasteiger partial charge in [-0.15, -0.1) is 6.42 Å². The highest BCUT2D eigenvalue weighted by atomic mass is 15.1. The zero-order valence-corrected chi connectivity index (χ0v) is 12.0. The summed E-state index contributed by atoms with van der Waals surface area (Å²) in [4.78, 5) is 2.55. The molecule has 0 amide bonds. The van der Waals surface area contributed by atoms with E-state index in [1.165, 1.54) is 25.9 Å². The van der Waals surface area contributed by atoms with Gasteiger partial charge in [0.15, 0.2) is 0 Å². The van der Waals surface area contributed by atoms with Crippen molar-refractivity contribution in [3.8, 4) is 12.3 Å². The van der Waals surface area contributed by atoms with E-state index in [1.807, 2.05) is 12.1 Å². The van der Waals surface area contributed by atoms with Gasteiger partial charge in [0.05, 0.1) is 0 Å². The zero-order chi connectivity index (χ0) is 13.7. The molecule has 2 atom stereocenters. The van der Waals surface area contributed by atoms with Crippen molar-refractivity contribution in [2.75, 3.05) is 25.0 Å². The quantitative estimate of drug-likeness (QED) is 0.832. The first-order valence-corrected chi connectivity index (χ1v) is 7.28. The van der Waals surface area contributed by atoms with Gasteiger partial charge < -0.3 is 10.2 Å². The molecular weight excluding hydrogens is 232 g/mol. The van der Waals surface area contributed by atoms with E-state index in [4.69, 9.17) is 6.42 Å². The van der Waals surface area contributed by atoms with Crippen molar-refractivity contribution in [3.05, 3.63) is 29.8 Å². The molecule has 102 valence electrons. The molecular formula is C17H24N2. The standard InChI is InChI=1S/C17H24N2/c1-4-15-8-6-10-17(12-15)18-14(3)16-9-7-11-19(5-2)13-16/h1,6,8,10,12,14,16,18H,5,7,9,11,13H2,2-3H3. The second-order valence-electron chi connectivity index (χ2n) is 5.45. The third kappa shape index (κ3) is 3.75. The lowest BCUT2D eigenvalue weighted by Gasteiger charge is -2.35. The molecule has 1 aliphatic heterocycles. The number of hydrogen-bond donors (Lipinski definition) is 1. The van der Waals surface area contributed by atoms with E-state index in [-0.39, 0.29) is 0 Å². The third-order valence-corrected chi connectivity index (χ3v) is 4.12. The fourth-order valence-electron chi connectivity index (χ4n) is 2.87. The largest absolute Gasteiger partial charge is 0.382 e. The minimum Gasteiger partial charge on any atom is -0.382 e. The van der Waals surface area contributed by atoms with E-state index in [9.17, 15) is 0 Å². The Morgan fingerprint density at radius 3 is 3.11 bits per heavy atom. The highest BCUT2D eigenvalue weighted by Crippen LogP contribution is 2.22. The van der Waals surface area contributed by atoms with Gasteiger partial charge in [0.25, 0.3) is 0 Å². The topological polar surface area (TPSA) is 15.3 Å². The molecule has 2 nitrogen and oxygen atoms in total. The Kier molecular flexibility index (Phi) is 4.87. The SMILES string of the molecule is C#Cc1cccc(NC(C)C2CCCN(CC)C2)c1. The normalized spacial score (nSPS) is 21.6. The molecule has 1 heterocycles. The van der Waals surface area contributed by atoms with E-state index in [1.54, 1.807) is 0 Å². The van der Waals surface area contributed by atoms with Gasteiger partial charge in [-0.05, 0) is 57.0 Å². The fourth-order valence-corrected chi connectivity index (χ4v) is 2.87. The van der Waals surface area contributed by atoms with Crippen LogP contribution in [0.25, 0.3) is 0 Å². The Morgan fingerprint density at radius 1 is 1.53 bits per heavy atom. The molecule has 1 aromatic carbocycles. The van der Waals surface area contributed by atoms with Crippen LogP contribution in [0.3, 0.4) is 0 Å². The van der Waals surface area contributed by atoms with Crippen molar-refractivity contribution < 1.29 is 0 Å². The number of benzene rings is 1. The van der Waals surface area contributed by atoms with Gasteiger partial charge in [0, 0.05) is 23.8 Å². The summed E-state index contributed by atoms with van der Waals surface area (Å²) >= 11 is 0. The van der Waals surface area contributed by atoms with E-state index in [2.05, 4.69) is 42.1 Å². The molecule has 0 aromatic heterocycles. The Balaban J connectivity index is 1.96. The summed E-state index contributed by atoms with van der Waals surface area (Å²) in [6.07, 6.45) is 8.08. The van der Waals surface area contributed by atoms with Crippen molar-refractivity contribution in [1.82, 2.24) is 4.90 Å². The minimum atomic E-state index is 0.488. The van der Waals surface area contributed by atoms with Gasteiger partial charge >= 0.3 is 0 Å². The maximum Gasteiger partial charge on any atom is 0.0354 e. The summed E-state index contributed by atoms with van der Waals surface area (Å²) in [6, 6.07) is 8.62. The van der Waals surface area contributed by atoms with Gasteiger partial charge in [-0.3, -0.25) is 0 Å². The number of nitrogens with zero attached hydrogens (tertiary/aromatic N) is 1. The summed E-state index contributed by atoms with van der Waals surface area (Å²) in [7, 11) is 0. The molecule has 2 heteroatoms. The summed E-state index contributed by atoms with van der Waals surface area (Å²) in [5.41, 5.74) is 2.08. The maximum atomic E-state index is 5.44. The number of rotatable bonds is 4. The molecule has 1 N–H and O–H groups in total. The van der Waals surface area contributed by atoms with Crippen LogP contribution >= 0.6 is 0 Å². The molecule has 1 saturated heterocycles. The molecule has 1 aromatic rings. The lowest BCUT2D eigenvalue weighted by molar-refractivity contribution is 0.172. The maximum absolute atomic E-state index is 5.44. The number of likely N-dealkylation sites (tertiary alicyclic amines) is 1. The average Bonchev–Trinajstić information content (AvgIpc) is 2.47. The molecule has 19 heavy (non-hydrogen) atoms. The van der Waals surface area contributed by atoms with Crippen molar-refractivity contribution >= 4 is 5.69 Å². The Bertz CT molecular complexity index is 447. The first-order valence-electron chi connectivity index (χ1n) is 7.28. The van der Waals surface area contributed by atoms with Crippen LogP contribution in [0.15, 0.2) is 24.3 Å². The Labute approximate surface area is 117 Å². The van der Waals surface area contributed by atoms with Gasteiger partial charge in [0.2, 0.25) is 0 Å². The lowest BCUT2D eigenvalue weighted by atomic mass is 9.91. The van der Waals surface area contributed by atoms with Crippen LogP contribution in [-0.2, 0) is 0 Å². The number of terminal acetylenes is 1. The van der Waals surface area contributed by atoms with E-state index in [0.717, 1.165) is 23.7 Å². The summed E-state index contributed by atoms with van der Waals surface area (Å²) in [6.45, 7) is 8.16. The highest BCUT2D eigenvalue weighted by molar-refractivity contribution is 5.50. The van der Waals surface area contributed by atoms with Gasteiger partial charge in [-0.25, -0.2) is 0 Å². The number of hydrogen-bond acceptors (Lipinski definition) is 2. The average molecular weight is 256 g/mol. The van der Waals surface area contributed by atoms with Crippen LogP contribution in [0.5, 0.6) is 0 Å². The summed E-state index contributed by atoms with van der Waals surface area (Å²) in [5.74, 6) is 3.41. The Morgan fingerprint density at radius 2 is 2.37 bits per heavy atom. The predicted molar refractivity (Wildman–Crippen MR) is 82.3 cm³/mol. The van der Waals surface area contributed by atoms with Crippen molar-refractivity contribution in [3.63, 3.8) is 0 Å². The summed E-state index contributed by atoms with van der Waals surface area (Å²) in [5, 5.41) is 3.61. The van der Waals surface area contributed by atoms with E-state index < -0.39 is 0 Å². The van der Waals surface area contributed by atoms with Crippen LogP contribution in [-0.4, -0.2) is 30.6 Å². The van der Waals surface area contributed by atoms with Crippen molar-refractivity contribution in [2.45, 2.75) is 32.7 Å². The predicted octanol–water partition coefficient (Wildman–Crippen LogP) is 3.20. The highest BCUT2D eigenvalue weighted by Gasteiger charge is 2.23. The second-order valence-corrected chi connectivity index (χ2v) is 5.45. The molecule has 2 unspecified atom stereocenters. The number of anilines is 1. The smallest absolute Gasteiger partial charge is 0.0354 e. The molecule has 0 spiro atoms. The fraction of sp³-hybridized carbons (Fsp3) is 0.529. The lowest BCUT2D eigenvalue weighted by Crippen LogP contribution is -2.41. The monoisotopic (exact) mass is 256 g/mol. The van der Waals surface area contributed by atoms with Crippen molar-refractivity contribution in [1.29, 1.82) is 0 Å². The van der Waals surface area contributed by atoms with E-state index in [0.29, 0.717) is 6.04 Å². The molecule has 1 aliphatic rings. The van der Waals surface area contributed by atoms with Crippen LogP contribution in [0.2, 0.25) is 0 Å². The number of nitrogens with one attached hydrogen (secondary N) is 1. The zero-order valence-electron chi connectivity index (χ0n) is 12.0. The first-order chi connectivity index (χ1) is 9.22. The van der Waals surface area contributed by atoms with Gasteiger partial charge in [-0.2, -0.15) is 0 Å². The molecule has 0 aliphatic carbocycles. The Hall–Kier alpha value is -1.46. The second kappa shape index (κ2) is 6.63. The molecule has 0 bridgehead atoms. The van der Waals surface area contributed by atoms with Gasteiger partial charge in [0.1, 0.15) is 0 Å². The van der Waals surface area contributed by atoms with Crippen LogP contribution in [0, 0.1) is 18.3 Å². The summed E-state index contributed by atoms with van der Waals surface area (Å²) < 4.78 is 0. The van der Waals surface area contributed by atoms with Crippen molar-refractivity contribution in [2.24, 2.45) is 5.92 Å². The molecule has 0 radical (unpaired) electrons. The van der Waals surface area contributed by atoms with Crippen LogP contribution in [0.1, 0.15) is 32.3 Å². The first kappa shape index (κ1) is 14.0. The third-order valence-electron chi connectivity index (χ3n) is 4.12. The number of piperidine rings is 1. The molecule has 1 fully saturated rings. The molecule has 2 rings (SSSR count).